The van der Waals surface area contributed by atoms with Crippen molar-refractivity contribution in [1.82, 2.24) is 20.0 Å². The van der Waals surface area contributed by atoms with Gasteiger partial charge in [-0.05, 0) is 35.4 Å². The van der Waals surface area contributed by atoms with Gasteiger partial charge in [0.2, 0.25) is 22.6 Å². The van der Waals surface area contributed by atoms with Crippen LogP contribution < -0.4 is 5.32 Å². The monoisotopic (exact) mass is 711 g/mol. The molecule has 0 bridgehead atoms. The van der Waals surface area contributed by atoms with Gasteiger partial charge in [-0.25, -0.2) is 19.2 Å². The topological polar surface area (TPSA) is 127 Å². The van der Waals surface area contributed by atoms with Crippen molar-refractivity contribution in [3.8, 4) is 0 Å². The van der Waals surface area contributed by atoms with Crippen molar-refractivity contribution < 1.29 is 38.1 Å². The lowest BCUT2D eigenvalue weighted by atomic mass is 10.1. The highest BCUT2D eigenvalue weighted by molar-refractivity contribution is 14.1. The Bertz CT molecular complexity index is 1150. The van der Waals surface area contributed by atoms with Crippen molar-refractivity contribution in [3.63, 3.8) is 0 Å². The summed E-state index contributed by atoms with van der Waals surface area (Å²) in [4.78, 5) is 55.2. The summed E-state index contributed by atoms with van der Waals surface area (Å²) in [7, 11) is 4.47. The summed E-state index contributed by atoms with van der Waals surface area (Å²) in [6.45, 7) is 5.77. The molecule has 234 valence electrons. The smallest absolute Gasteiger partial charge is 0.337 e. The number of methoxy groups -OCH3 is 2. The predicted octanol–water partition coefficient (Wildman–Crippen LogP) is 3.59. The maximum absolute atomic E-state index is 12.2. The molecule has 2 aromatic carbocycles. The van der Waals surface area contributed by atoms with Crippen LogP contribution in [-0.2, 0) is 32.0 Å². The maximum atomic E-state index is 12.2. The molecular formula is C30H40IN4O8+. The van der Waals surface area contributed by atoms with Gasteiger partial charge in [-0.2, -0.15) is 0 Å². The van der Waals surface area contributed by atoms with E-state index in [-0.39, 0.29) is 24.0 Å². The zero-order valence-electron chi connectivity index (χ0n) is 24.9. The Balaban J connectivity index is 0.000000284. The molecule has 1 N–H and O–H groups in total. The minimum atomic E-state index is -0.367. The number of carbonyl (C=O) groups is 4. The van der Waals surface area contributed by atoms with Crippen LogP contribution in [0.2, 0.25) is 0 Å². The SMILES string of the molecule is COC(=O)c1ccc(CN(C)C(=O)N2CCOCC2)cc1.COC(=O)c1ccc(CNC(=O)N2CCOCC2)cc1.[CH2+]I. The van der Waals surface area contributed by atoms with Crippen LogP contribution in [0, 0.1) is 4.93 Å². The summed E-state index contributed by atoms with van der Waals surface area (Å²) >= 11 is 1.90. The number of hydrogen-bond acceptors (Lipinski definition) is 8. The second-order valence-electron chi connectivity index (χ2n) is 9.37. The number of urea groups is 2. The fourth-order valence-corrected chi connectivity index (χ4v) is 4.13. The molecule has 0 aliphatic carbocycles. The molecule has 0 radical (unpaired) electrons. The van der Waals surface area contributed by atoms with Crippen LogP contribution in [0.5, 0.6) is 0 Å². The Kier molecular flexibility index (Phi) is 16.2. The second kappa shape index (κ2) is 19.6. The zero-order valence-corrected chi connectivity index (χ0v) is 27.0. The summed E-state index contributed by atoms with van der Waals surface area (Å²) in [5.74, 6) is -0.729. The molecule has 2 fully saturated rings. The Morgan fingerprint density at radius 3 is 1.63 bits per heavy atom. The molecule has 0 saturated carbocycles. The van der Waals surface area contributed by atoms with E-state index < -0.39 is 0 Å². The third kappa shape index (κ3) is 11.9. The standard InChI is InChI=1S/C15H20N2O4.C14H18N2O4.CH2I/c1-16(15(19)17-7-9-21-10-8-17)11-12-3-5-13(6-4-12)14(18)20-2;1-19-13(17)12-4-2-11(3-5-12)10-15-14(18)16-6-8-20-9-7-16;1-2/h3-6H,7-11H2,1-2H3;2-5H,6-10H2,1H3,(H,15,18);1H2/q;;+1. The average Bonchev–Trinajstić information content (AvgIpc) is 3.08. The van der Waals surface area contributed by atoms with Gasteiger partial charge in [0.25, 0.3) is 0 Å². The number of amides is 4. The highest BCUT2D eigenvalue weighted by Crippen LogP contribution is 2.10. The molecule has 2 aliphatic heterocycles. The highest BCUT2D eigenvalue weighted by atomic mass is 127. The molecule has 2 saturated heterocycles. The van der Waals surface area contributed by atoms with Gasteiger partial charge in [0, 0.05) is 46.3 Å². The van der Waals surface area contributed by atoms with E-state index in [9.17, 15) is 19.2 Å². The van der Waals surface area contributed by atoms with E-state index in [4.69, 9.17) is 9.47 Å². The van der Waals surface area contributed by atoms with Crippen molar-refractivity contribution >= 4 is 46.6 Å². The van der Waals surface area contributed by atoms with Crippen molar-refractivity contribution in [2.24, 2.45) is 0 Å². The quantitative estimate of drug-likeness (QED) is 0.274. The molecule has 0 spiro atoms. The van der Waals surface area contributed by atoms with Gasteiger partial charge >= 0.3 is 24.0 Å². The Morgan fingerprint density at radius 1 is 0.767 bits per heavy atom. The van der Waals surface area contributed by atoms with Crippen LogP contribution in [0.3, 0.4) is 0 Å². The summed E-state index contributed by atoms with van der Waals surface area (Å²) < 4.78 is 19.7. The van der Waals surface area contributed by atoms with Gasteiger partial charge in [-0.1, -0.05) is 24.3 Å². The number of rotatable bonds is 6. The summed E-state index contributed by atoms with van der Waals surface area (Å²) in [5, 5.41) is 2.85. The summed E-state index contributed by atoms with van der Waals surface area (Å²) in [5.41, 5.74) is 2.89. The first-order valence-corrected chi connectivity index (χ1v) is 15.1. The second-order valence-corrected chi connectivity index (χ2v) is 9.37. The van der Waals surface area contributed by atoms with E-state index in [1.165, 1.54) is 14.2 Å². The zero-order chi connectivity index (χ0) is 31.6. The summed E-state index contributed by atoms with van der Waals surface area (Å²) in [6, 6.07) is 13.9. The summed E-state index contributed by atoms with van der Waals surface area (Å²) in [6.07, 6.45) is 0. The van der Waals surface area contributed by atoms with Crippen LogP contribution in [0.4, 0.5) is 9.59 Å². The van der Waals surface area contributed by atoms with Gasteiger partial charge in [-0.15, -0.1) is 0 Å². The third-order valence-electron chi connectivity index (χ3n) is 6.52. The predicted molar refractivity (Wildman–Crippen MR) is 169 cm³/mol. The minimum absolute atomic E-state index is 0.00431. The molecule has 2 heterocycles. The molecule has 0 unspecified atom stereocenters. The molecule has 4 amide bonds. The van der Waals surface area contributed by atoms with Crippen LogP contribution in [0.1, 0.15) is 31.8 Å². The number of esters is 2. The van der Waals surface area contributed by atoms with E-state index in [1.807, 2.05) is 34.7 Å². The van der Waals surface area contributed by atoms with Gasteiger partial charge in [0.1, 0.15) is 4.93 Å². The largest absolute Gasteiger partial charge is 0.465 e. The van der Waals surface area contributed by atoms with Gasteiger partial charge in [0.05, 0.1) is 51.8 Å². The molecule has 2 aliphatic rings. The Morgan fingerprint density at radius 2 is 1.19 bits per heavy atom. The molecule has 0 aromatic heterocycles. The van der Waals surface area contributed by atoms with E-state index in [0.717, 1.165) is 11.1 Å². The number of morpholine rings is 2. The number of nitrogens with zero attached hydrogens (tertiary/aromatic N) is 3. The van der Waals surface area contributed by atoms with E-state index in [2.05, 4.69) is 19.7 Å². The number of halogens is 1. The lowest BCUT2D eigenvalue weighted by Crippen LogP contribution is -2.46. The number of hydrogen-bond donors (Lipinski definition) is 1. The van der Waals surface area contributed by atoms with Crippen molar-refractivity contribution in [2.45, 2.75) is 13.1 Å². The third-order valence-corrected chi connectivity index (χ3v) is 6.52. The molecule has 43 heavy (non-hydrogen) atoms. The average molecular weight is 712 g/mol. The Hall–Kier alpha value is -3.56. The fraction of sp³-hybridized carbons (Fsp3) is 0.433. The number of carbonyl (C=O) groups excluding carboxylic acids is 4. The molecular weight excluding hydrogens is 671 g/mol. The van der Waals surface area contributed by atoms with Gasteiger partial charge in [0.15, 0.2) is 0 Å². The van der Waals surface area contributed by atoms with E-state index >= 15 is 0 Å². The first kappa shape index (κ1) is 35.6. The fourth-order valence-electron chi connectivity index (χ4n) is 4.13. The van der Waals surface area contributed by atoms with Crippen molar-refractivity contribution in [2.75, 3.05) is 73.9 Å². The van der Waals surface area contributed by atoms with E-state index in [0.29, 0.717) is 76.8 Å². The van der Waals surface area contributed by atoms with Crippen molar-refractivity contribution in [3.05, 3.63) is 75.7 Å². The molecule has 0 atom stereocenters. The number of benzene rings is 2. The van der Waals surface area contributed by atoms with Crippen LogP contribution in [-0.4, -0.2) is 113 Å². The molecule has 13 heteroatoms. The van der Waals surface area contributed by atoms with Crippen molar-refractivity contribution in [1.29, 1.82) is 0 Å². The first-order chi connectivity index (χ1) is 20.8. The minimum Gasteiger partial charge on any atom is -0.465 e. The lowest BCUT2D eigenvalue weighted by molar-refractivity contribution is 0.0448. The van der Waals surface area contributed by atoms with Crippen LogP contribution in [0.15, 0.2) is 48.5 Å². The van der Waals surface area contributed by atoms with Gasteiger partial charge in [-0.3, -0.25) is 0 Å². The van der Waals surface area contributed by atoms with Gasteiger partial charge < -0.3 is 39.0 Å². The normalized spacial score (nSPS) is 14.1. The highest BCUT2D eigenvalue weighted by Gasteiger charge is 2.20. The first-order valence-electron chi connectivity index (χ1n) is 13.6. The van der Waals surface area contributed by atoms with Crippen LogP contribution in [0.25, 0.3) is 0 Å². The lowest BCUT2D eigenvalue weighted by Gasteiger charge is -2.31. The molecule has 12 nitrogen and oxygen atoms in total. The molecule has 4 rings (SSSR count). The maximum Gasteiger partial charge on any atom is 0.337 e. The van der Waals surface area contributed by atoms with E-state index in [1.54, 1.807) is 58.1 Å². The Labute approximate surface area is 266 Å². The van der Waals surface area contributed by atoms with Crippen LogP contribution >= 0.6 is 22.6 Å². The molecule has 2 aromatic rings. The number of nitrogens with one attached hydrogen (secondary N) is 1. The number of ether oxygens (including phenoxy) is 4.